The number of halogens is 1. The van der Waals surface area contributed by atoms with E-state index in [1.165, 1.54) is 16.8 Å². The summed E-state index contributed by atoms with van der Waals surface area (Å²) in [5, 5.41) is 35.8. The second kappa shape index (κ2) is 7.49. The van der Waals surface area contributed by atoms with Crippen molar-refractivity contribution in [3.8, 4) is 11.4 Å². The lowest BCUT2D eigenvalue weighted by molar-refractivity contribution is -0.384. The summed E-state index contributed by atoms with van der Waals surface area (Å²) in [5.41, 5.74) is 0.506. The van der Waals surface area contributed by atoms with Crippen LogP contribution in [0.15, 0.2) is 18.5 Å². The van der Waals surface area contributed by atoms with E-state index in [1.807, 2.05) is 0 Å². The molecule has 0 saturated heterocycles. The van der Waals surface area contributed by atoms with E-state index >= 15 is 0 Å². The fraction of sp³-hybridized carbons (Fsp3) is 0.308. The summed E-state index contributed by atoms with van der Waals surface area (Å²) >= 11 is 2.08. The Morgan fingerprint density at radius 3 is 2.88 bits per heavy atom. The highest BCUT2D eigenvalue weighted by Crippen LogP contribution is 2.33. The minimum atomic E-state index is -0.946. The molecule has 0 saturated carbocycles. The fourth-order valence-electron chi connectivity index (χ4n) is 1.90. The summed E-state index contributed by atoms with van der Waals surface area (Å²) in [7, 11) is 0. The molecule has 2 aromatic rings. The van der Waals surface area contributed by atoms with Gasteiger partial charge in [0.2, 0.25) is 0 Å². The Labute approximate surface area is 152 Å². The van der Waals surface area contributed by atoms with E-state index in [9.17, 15) is 15.2 Å². The van der Waals surface area contributed by atoms with E-state index in [4.69, 9.17) is 5.41 Å². The highest BCUT2D eigenvalue weighted by atomic mass is 127. The van der Waals surface area contributed by atoms with Crippen LogP contribution in [-0.2, 0) is 0 Å². The van der Waals surface area contributed by atoms with Gasteiger partial charge in [0, 0.05) is 30.2 Å². The van der Waals surface area contributed by atoms with Gasteiger partial charge in [-0.25, -0.2) is 4.45 Å². The van der Waals surface area contributed by atoms with Crippen LogP contribution in [0.1, 0.15) is 19.4 Å². The van der Waals surface area contributed by atoms with Crippen LogP contribution >= 0.6 is 28.4 Å². The average molecular weight is 462 g/mol. The number of nitrogens with one attached hydrogen (secondary N) is 2. The van der Waals surface area contributed by atoms with Gasteiger partial charge >= 0.3 is 5.69 Å². The van der Waals surface area contributed by atoms with Gasteiger partial charge in [0.05, 0.1) is 22.6 Å². The summed E-state index contributed by atoms with van der Waals surface area (Å²) in [5.74, 6) is 0. The van der Waals surface area contributed by atoms with Crippen LogP contribution in [-0.4, -0.2) is 42.9 Å². The van der Waals surface area contributed by atoms with Gasteiger partial charge < -0.3 is 15.8 Å². The molecule has 0 radical (unpaired) electrons. The van der Waals surface area contributed by atoms with Crippen LogP contribution in [0.5, 0.6) is 0 Å². The second-order valence-corrected chi connectivity index (χ2v) is 7.69. The SMILES string of the molecule is CC(C)(O)CNc1cc(-c2nn(PI)cc2[N+](=O)[O-])ncc1C=N. The van der Waals surface area contributed by atoms with Crippen molar-refractivity contribution in [1.82, 2.24) is 14.5 Å². The summed E-state index contributed by atoms with van der Waals surface area (Å²) in [6.45, 7) is 3.56. The van der Waals surface area contributed by atoms with Crippen molar-refractivity contribution < 1.29 is 10.0 Å². The number of aromatic nitrogens is 3. The van der Waals surface area contributed by atoms with Crippen molar-refractivity contribution in [2.75, 3.05) is 11.9 Å². The van der Waals surface area contributed by atoms with Gasteiger partial charge in [-0.3, -0.25) is 15.1 Å². The Bertz CT molecular complexity index is 774. The van der Waals surface area contributed by atoms with Crippen LogP contribution in [0.25, 0.3) is 11.4 Å². The molecular weight excluding hydrogens is 446 g/mol. The number of anilines is 1. The fourth-order valence-corrected chi connectivity index (χ4v) is 2.95. The number of hydrogen-bond acceptors (Lipinski definition) is 7. The first-order valence-corrected chi connectivity index (χ1v) is 10.9. The smallest absolute Gasteiger partial charge is 0.316 e. The van der Waals surface area contributed by atoms with Gasteiger partial charge in [-0.1, -0.05) is 0 Å². The monoisotopic (exact) mass is 462 g/mol. The minimum absolute atomic E-state index is 0.122. The first-order valence-electron chi connectivity index (χ1n) is 6.83. The zero-order valence-corrected chi connectivity index (χ0v) is 16.1. The molecule has 2 rings (SSSR count). The van der Waals surface area contributed by atoms with Crippen molar-refractivity contribution in [2.45, 2.75) is 19.4 Å². The first-order chi connectivity index (χ1) is 11.2. The topological polar surface area (TPSA) is 130 Å². The average Bonchev–Trinajstić information content (AvgIpc) is 2.96. The van der Waals surface area contributed by atoms with Gasteiger partial charge in [0.25, 0.3) is 0 Å². The molecule has 3 N–H and O–H groups in total. The molecule has 0 amide bonds. The Kier molecular flexibility index (Phi) is 5.83. The molecule has 0 aliphatic carbocycles. The van der Waals surface area contributed by atoms with Crippen molar-refractivity contribution in [1.29, 1.82) is 5.41 Å². The van der Waals surface area contributed by atoms with Crippen LogP contribution in [0.2, 0.25) is 0 Å². The quantitative estimate of drug-likeness (QED) is 0.191. The Hall–Kier alpha value is -1.65. The van der Waals surface area contributed by atoms with Crippen molar-refractivity contribution in [3.05, 3.63) is 34.1 Å². The Morgan fingerprint density at radius 2 is 2.33 bits per heavy atom. The van der Waals surface area contributed by atoms with Gasteiger partial charge in [-0.2, -0.15) is 5.10 Å². The largest absolute Gasteiger partial charge is 0.389 e. The maximum absolute atomic E-state index is 11.2. The lowest BCUT2D eigenvalue weighted by Gasteiger charge is -2.19. The predicted molar refractivity (Wildman–Crippen MR) is 103 cm³/mol. The molecule has 128 valence electrons. The third-order valence-corrected chi connectivity index (χ3v) is 4.91. The van der Waals surface area contributed by atoms with E-state index < -0.39 is 10.5 Å². The molecule has 9 nitrogen and oxygen atoms in total. The molecule has 0 aromatic carbocycles. The van der Waals surface area contributed by atoms with Crippen LogP contribution in [0.4, 0.5) is 11.4 Å². The van der Waals surface area contributed by atoms with Crippen LogP contribution in [0, 0.1) is 15.5 Å². The van der Waals surface area contributed by atoms with Gasteiger partial charge in [-0.05, 0) is 42.0 Å². The predicted octanol–water partition coefficient (Wildman–Crippen LogP) is 2.83. The molecule has 0 aliphatic rings. The number of aliphatic hydroxyl groups is 1. The number of nitro groups is 1. The lowest BCUT2D eigenvalue weighted by Crippen LogP contribution is -2.29. The molecule has 1 atom stereocenters. The highest BCUT2D eigenvalue weighted by Gasteiger charge is 2.23. The zero-order valence-electron chi connectivity index (χ0n) is 12.9. The summed E-state index contributed by atoms with van der Waals surface area (Å²) in [4.78, 5) is 14.9. The molecule has 0 aliphatic heterocycles. The Morgan fingerprint density at radius 1 is 1.62 bits per heavy atom. The van der Waals surface area contributed by atoms with Crippen molar-refractivity contribution >= 4 is 46.0 Å². The summed E-state index contributed by atoms with van der Waals surface area (Å²) in [6, 6.07) is 1.60. The molecule has 24 heavy (non-hydrogen) atoms. The lowest BCUT2D eigenvalue weighted by atomic mass is 10.1. The molecule has 11 heteroatoms. The first kappa shape index (κ1) is 18.7. The van der Waals surface area contributed by atoms with Gasteiger partial charge in [0.1, 0.15) is 6.20 Å². The zero-order chi connectivity index (χ0) is 17.9. The number of rotatable bonds is 7. The number of pyridine rings is 1. The minimum Gasteiger partial charge on any atom is -0.389 e. The Balaban J connectivity index is 2.47. The van der Waals surface area contributed by atoms with E-state index in [0.29, 0.717) is 16.9 Å². The highest BCUT2D eigenvalue weighted by molar-refractivity contribution is 14.2. The molecule has 2 aromatic heterocycles. The standard InChI is InChI=1S/C13H16IN6O3P/c1-13(2,21)7-17-9-3-10(16-5-8(9)4-15)12-11(20(22)23)6-19(18-12)24-14/h3-6,15,21,24H,7H2,1-2H3,(H,16,17). The second-order valence-electron chi connectivity index (χ2n) is 5.62. The number of hydrogen-bond donors (Lipinski definition) is 3. The van der Waals surface area contributed by atoms with E-state index in [2.05, 4.69) is 37.4 Å². The molecule has 0 fully saturated rings. The van der Waals surface area contributed by atoms with Crippen molar-refractivity contribution in [3.63, 3.8) is 0 Å². The van der Waals surface area contributed by atoms with Crippen LogP contribution in [0.3, 0.4) is 0 Å². The van der Waals surface area contributed by atoms with E-state index in [-0.39, 0.29) is 24.3 Å². The van der Waals surface area contributed by atoms with E-state index in [0.717, 1.165) is 6.21 Å². The van der Waals surface area contributed by atoms with Gasteiger partial charge in [0.15, 0.2) is 5.69 Å². The maximum atomic E-state index is 11.2. The molecule has 0 bridgehead atoms. The summed E-state index contributed by atoms with van der Waals surface area (Å²) < 4.78 is 1.49. The van der Waals surface area contributed by atoms with Crippen molar-refractivity contribution in [2.24, 2.45) is 0 Å². The van der Waals surface area contributed by atoms with Crippen LogP contribution < -0.4 is 5.32 Å². The third-order valence-electron chi connectivity index (χ3n) is 3.02. The maximum Gasteiger partial charge on any atom is 0.316 e. The summed E-state index contributed by atoms with van der Waals surface area (Å²) in [6.07, 6.45) is 4.18. The molecule has 0 spiro atoms. The number of nitrogens with zero attached hydrogens (tertiary/aromatic N) is 4. The molecule has 1 unspecified atom stereocenters. The molecular formula is C13H16IN6O3P. The van der Waals surface area contributed by atoms with Gasteiger partial charge in [-0.15, -0.1) is 0 Å². The normalized spacial score (nSPS) is 11.8. The third kappa shape index (κ3) is 4.46. The van der Waals surface area contributed by atoms with E-state index in [1.54, 1.807) is 19.9 Å². The molecule has 2 heterocycles.